The summed E-state index contributed by atoms with van der Waals surface area (Å²) in [6, 6.07) is 0. The second-order valence-electron chi connectivity index (χ2n) is 0.577. The van der Waals surface area contributed by atoms with E-state index in [0.717, 1.165) is 0 Å². The van der Waals surface area contributed by atoms with E-state index in [-0.39, 0.29) is 33.8 Å². The molecule has 0 fully saturated rings. The predicted molar refractivity (Wildman–Crippen MR) is 18.1 cm³/mol. The van der Waals surface area contributed by atoms with Crippen LogP contribution in [-0.2, 0) is 16.8 Å². The molecule has 2 nitrogen and oxygen atoms in total. The minimum absolute atomic E-state index is 0. The first kappa shape index (κ1) is 15.8. The second-order valence-corrected chi connectivity index (χ2v) is 0.577. The van der Waals surface area contributed by atoms with E-state index in [1.165, 1.54) is 0 Å². The van der Waals surface area contributed by atoms with Crippen LogP contribution in [0.25, 0.3) is 0 Å². The second kappa shape index (κ2) is 16.8. The van der Waals surface area contributed by atoms with Crippen molar-refractivity contribution in [2.45, 2.75) is 0 Å². The summed E-state index contributed by atoms with van der Waals surface area (Å²) >= 11 is 0. The van der Waals surface area contributed by atoms with E-state index in [1.54, 1.807) is 0 Å². The third-order valence-electron chi connectivity index (χ3n) is 0.167. The van der Waals surface area contributed by atoms with Crippen molar-refractivity contribution in [1.29, 1.82) is 0 Å². The van der Waals surface area contributed by atoms with Gasteiger partial charge in [-0.15, -0.1) is 0 Å². The monoisotopic (exact) mass is 198 g/mol. The van der Waals surface area contributed by atoms with Gasteiger partial charge in [0.05, 0.1) is 0 Å². The molecule has 4 heteroatoms. The van der Waals surface area contributed by atoms with Crippen molar-refractivity contribution in [1.82, 2.24) is 0 Å². The van der Waals surface area contributed by atoms with Gasteiger partial charge < -0.3 is 28.4 Å². The third-order valence-corrected chi connectivity index (χ3v) is 0.167. The zero-order valence-electron chi connectivity index (χ0n) is 3.28. The molecule has 0 aromatic carbocycles. The van der Waals surface area contributed by atoms with Crippen molar-refractivity contribution in [3.05, 3.63) is 0 Å². The Morgan fingerprint density at radius 3 is 1.17 bits per heavy atom. The summed E-state index contributed by atoms with van der Waals surface area (Å²) in [4.78, 5) is 0. The van der Waals surface area contributed by atoms with Gasteiger partial charge in [-0.05, 0) is 0 Å². The van der Waals surface area contributed by atoms with Crippen LogP contribution in [-0.4, -0.2) is 13.1 Å². The van der Waals surface area contributed by atoms with Crippen molar-refractivity contribution in [3.8, 4) is 0 Å². The number of hydrogen-bond donors (Lipinski definition) is 2. The molecule has 0 bridgehead atoms. The molecule has 6 heavy (non-hydrogen) atoms. The Morgan fingerprint density at radius 1 is 1.00 bits per heavy atom. The van der Waals surface area contributed by atoms with Crippen molar-refractivity contribution in [2.75, 3.05) is 13.1 Å². The molecule has 0 heterocycles. The molecule has 0 aliphatic carbocycles. The summed E-state index contributed by atoms with van der Waals surface area (Å²) in [7, 11) is 0. The van der Waals surface area contributed by atoms with Crippen LogP contribution in [0.1, 0.15) is 0 Å². The molecule has 0 aliphatic heterocycles. The molecule has 0 amide bonds. The van der Waals surface area contributed by atoms with Crippen molar-refractivity contribution < 1.29 is 33.8 Å². The fourth-order valence-corrected chi connectivity index (χ4v) is 0. The Bertz CT molecular complexity index is 13.5. The molecule has 0 aliphatic rings. The van der Waals surface area contributed by atoms with Gasteiger partial charge in [-0.3, -0.25) is 0 Å². The number of nitrogens with two attached hydrogens (primary N) is 2. The SMILES string of the molecule is NCCN.[Br-].[Co+3]. The molecule has 0 spiro atoms. The van der Waals surface area contributed by atoms with E-state index >= 15 is 0 Å². The minimum Gasteiger partial charge on any atom is -1.00 e. The summed E-state index contributed by atoms with van der Waals surface area (Å²) in [5.74, 6) is 0. The van der Waals surface area contributed by atoms with Gasteiger partial charge in [0.15, 0.2) is 0 Å². The molecule has 4 N–H and O–H groups in total. The van der Waals surface area contributed by atoms with E-state index in [4.69, 9.17) is 11.5 Å². The van der Waals surface area contributed by atoms with Crippen molar-refractivity contribution in [2.24, 2.45) is 11.5 Å². The van der Waals surface area contributed by atoms with Crippen LogP contribution in [0.2, 0.25) is 0 Å². The molecule has 0 saturated carbocycles. The summed E-state index contributed by atoms with van der Waals surface area (Å²) in [5, 5.41) is 0. The van der Waals surface area contributed by atoms with E-state index in [2.05, 4.69) is 0 Å². The summed E-state index contributed by atoms with van der Waals surface area (Å²) < 4.78 is 0. The average Bonchev–Trinajstić information content (AvgIpc) is 1.37. The van der Waals surface area contributed by atoms with Gasteiger partial charge in [0.25, 0.3) is 0 Å². The first-order valence-electron chi connectivity index (χ1n) is 1.32. The standard InChI is InChI=1S/C2H8N2.BrH.Co/c3-1-2-4;;/h1-4H2;1H;/q;;+3/p-1. The van der Waals surface area contributed by atoms with E-state index in [1.807, 2.05) is 0 Å². The van der Waals surface area contributed by atoms with E-state index in [9.17, 15) is 0 Å². The Morgan fingerprint density at radius 2 is 1.17 bits per heavy atom. The van der Waals surface area contributed by atoms with Gasteiger partial charge in [-0.2, -0.15) is 0 Å². The van der Waals surface area contributed by atoms with Gasteiger partial charge in [-0.25, -0.2) is 0 Å². The molecular formula is C2H8BrCoN2+2. The molecule has 0 atom stereocenters. The molecule has 0 aromatic rings. The maximum atomic E-state index is 4.90. The van der Waals surface area contributed by atoms with Crippen molar-refractivity contribution >= 4 is 0 Å². The molecule has 0 rings (SSSR count). The van der Waals surface area contributed by atoms with Crippen LogP contribution < -0.4 is 28.4 Å². The van der Waals surface area contributed by atoms with Crippen LogP contribution in [0.4, 0.5) is 0 Å². The Hall–Kier alpha value is 0.906. The maximum absolute atomic E-state index is 4.90. The molecule has 0 saturated heterocycles. The zero-order chi connectivity index (χ0) is 3.41. The third kappa shape index (κ3) is 20.6. The topological polar surface area (TPSA) is 52.0 Å². The van der Waals surface area contributed by atoms with Crippen LogP contribution in [0.3, 0.4) is 0 Å². The smallest absolute Gasteiger partial charge is 1.00 e. The summed E-state index contributed by atoms with van der Waals surface area (Å²) in [5.41, 5.74) is 9.81. The molecule has 40 valence electrons. The largest absolute Gasteiger partial charge is 3.00 e. The van der Waals surface area contributed by atoms with Gasteiger partial charge >= 0.3 is 16.8 Å². The first-order chi connectivity index (χ1) is 1.91. The number of rotatable bonds is 1. The fourth-order valence-electron chi connectivity index (χ4n) is 0. The quantitative estimate of drug-likeness (QED) is 0.451. The summed E-state index contributed by atoms with van der Waals surface area (Å²) in [6.45, 7) is 1.19. The number of hydrogen-bond acceptors (Lipinski definition) is 2. The van der Waals surface area contributed by atoms with Gasteiger partial charge in [-0.1, -0.05) is 0 Å². The molecule has 0 radical (unpaired) electrons. The Balaban J connectivity index is -0.0000000450. The summed E-state index contributed by atoms with van der Waals surface area (Å²) in [6.07, 6.45) is 0. The van der Waals surface area contributed by atoms with Gasteiger partial charge in [0, 0.05) is 13.1 Å². The minimum atomic E-state index is 0. The Labute approximate surface area is 58.6 Å². The van der Waals surface area contributed by atoms with Gasteiger partial charge in [0.2, 0.25) is 0 Å². The van der Waals surface area contributed by atoms with Gasteiger partial charge in [0.1, 0.15) is 0 Å². The van der Waals surface area contributed by atoms with Crippen LogP contribution in [0.15, 0.2) is 0 Å². The van der Waals surface area contributed by atoms with Crippen LogP contribution in [0, 0.1) is 0 Å². The molecular weight excluding hydrogens is 191 g/mol. The van der Waals surface area contributed by atoms with E-state index < -0.39 is 0 Å². The first-order valence-corrected chi connectivity index (χ1v) is 1.32. The predicted octanol–water partition coefficient (Wildman–Crippen LogP) is -4.09. The molecule has 0 aromatic heterocycles. The average molecular weight is 199 g/mol. The zero-order valence-corrected chi connectivity index (χ0v) is 5.91. The maximum Gasteiger partial charge on any atom is 3.00 e. The number of halogens is 1. The molecule has 0 unspecified atom stereocenters. The normalized spacial score (nSPS) is 5.00. The van der Waals surface area contributed by atoms with Crippen molar-refractivity contribution in [3.63, 3.8) is 0 Å². The van der Waals surface area contributed by atoms with E-state index in [0.29, 0.717) is 13.1 Å². The van der Waals surface area contributed by atoms with Crippen LogP contribution in [0.5, 0.6) is 0 Å². The van der Waals surface area contributed by atoms with Crippen LogP contribution >= 0.6 is 0 Å². The Kier molecular flexibility index (Phi) is 44.3. The fraction of sp³-hybridized carbons (Fsp3) is 1.00.